The van der Waals surface area contributed by atoms with E-state index in [1.807, 2.05) is 36.4 Å². The molecule has 94 valence electrons. The number of amides is 1. The number of hydrogen-bond acceptors (Lipinski definition) is 2. The summed E-state index contributed by atoms with van der Waals surface area (Å²) in [5, 5.41) is 4.95. The molecule has 1 aromatic heterocycles. The predicted molar refractivity (Wildman–Crippen MR) is 78.3 cm³/mol. The number of anilines is 1. The van der Waals surface area contributed by atoms with Crippen LogP contribution in [0.25, 0.3) is 10.8 Å². The topological polar surface area (TPSA) is 42.2 Å². The first kappa shape index (κ1) is 12.0. The standard InChI is InChI=1S/C15H10BrNO2/c16-13-5-6-14(12-4-2-1-3-11(12)13)17-15(18)10-7-8-19-9-10/h1-9H,(H,17,18). The molecule has 0 spiro atoms. The summed E-state index contributed by atoms with van der Waals surface area (Å²) in [7, 11) is 0. The zero-order chi connectivity index (χ0) is 13.2. The number of halogens is 1. The molecule has 19 heavy (non-hydrogen) atoms. The van der Waals surface area contributed by atoms with Crippen LogP contribution >= 0.6 is 15.9 Å². The van der Waals surface area contributed by atoms with E-state index in [0.717, 1.165) is 20.9 Å². The van der Waals surface area contributed by atoms with Crippen molar-refractivity contribution in [3.63, 3.8) is 0 Å². The van der Waals surface area contributed by atoms with E-state index in [0.29, 0.717) is 5.56 Å². The van der Waals surface area contributed by atoms with Gasteiger partial charge in [0.2, 0.25) is 0 Å². The summed E-state index contributed by atoms with van der Waals surface area (Å²) in [4.78, 5) is 12.0. The summed E-state index contributed by atoms with van der Waals surface area (Å²) in [6.07, 6.45) is 2.91. The maximum absolute atomic E-state index is 12.0. The summed E-state index contributed by atoms with van der Waals surface area (Å²) in [5.41, 5.74) is 1.29. The van der Waals surface area contributed by atoms with Gasteiger partial charge >= 0.3 is 0 Å². The summed E-state index contributed by atoms with van der Waals surface area (Å²) < 4.78 is 5.92. The molecular weight excluding hydrogens is 306 g/mol. The van der Waals surface area contributed by atoms with Crippen molar-refractivity contribution in [1.82, 2.24) is 0 Å². The highest BCUT2D eigenvalue weighted by molar-refractivity contribution is 9.10. The van der Waals surface area contributed by atoms with Crippen LogP contribution in [0.4, 0.5) is 5.69 Å². The molecule has 3 aromatic rings. The molecule has 4 heteroatoms. The molecule has 0 bridgehead atoms. The van der Waals surface area contributed by atoms with Crippen molar-refractivity contribution in [2.75, 3.05) is 5.32 Å². The lowest BCUT2D eigenvalue weighted by atomic mass is 10.1. The SMILES string of the molecule is O=C(Nc1ccc(Br)c2ccccc12)c1ccoc1. The van der Waals surface area contributed by atoms with Gasteiger partial charge in [0.1, 0.15) is 6.26 Å². The van der Waals surface area contributed by atoms with Crippen LogP contribution in [0, 0.1) is 0 Å². The van der Waals surface area contributed by atoms with Crippen molar-refractivity contribution in [1.29, 1.82) is 0 Å². The Morgan fingerprint density at radius 1 is 1.05 bits per heavy atom. The van der Waals surface area contributed by atoms with Gasteiger partial charge in [-0.25, -0.2) is 0 Å². The van der Waals surface area contributed by atoms with Crippen molar-refractivity contribution < 1.29 is 9.21 Å². The van der Waals surface area contributed by atoms with Gasteiger partial charge in [-0.05, 0) is 23.6 Å². The van der Waals surface area contributed by atoms with Gasteiger partial charge in [0.05, 0.1) is 11.8 Å². The molecule has 0 unspecified atom stereocenters. The molecule has 3 rings (SSSR count). The van der Waals surface area contributed by atoms with E-state index in [1.54, 1.807) is 6.07 Å². The highest BCUT2D eigenvalue weighted by Gasteiger charge is 2.10. The molecule has 1 amide bonds. The van der Waals surface area contributed by atoms with Crippen LogP contribution in [0.15, 0.2) is 63.9 Å². The number of carbonyl (C=O) groups excluding carboxylic acids is 1. The average molecular weight is 316 g/mol. The quantitative estimate of drug-likeness (QED) is 0.759. The monoisotopic (exact) mass is 315 g/mol. The zero-order valence-corrected chi connectivity index (χ0v) is 11.5. The summed E-state index contributed by atoms with van der Waals surface area (Å²) in [6.45, 7) is 0. The van der Waals surface area contributed by atoms with Gasteiger partial charge in [0.15, 0.2) is 0 Å². The van der Waals surface area contributed by atoms with Gasteiger partial charge in [0.25, 0.3) is 5.91 Å². The highest BCUT2D eigenvalue weighted by Crippen LogP contribution is 2.30. The Hall–Kier alpha value is -2.07. The van der Waals surface area contributed by atoms with Gasteiger partial charge in [-0.15, -0.1) is 0 Å². The average Bonchev–Trinajstić information content (AvgIpc) is 2.96. The second-order valence-corrected chi connectivity index (χ2v) is 4.96. The maximum atomic E-state index is 12.0. The molecule has 2 aromatic carbocycles. The van der Waals surface area contributed by atoms with E-state index >= 15 is 0 Å². The lowest BCUT2D eigenvalue weighted by Gasteiger charge is -2.09. The first-order valence-corrected chi connectivity index (χ1v) is 6.56. The summed E-state index contributed by atoms with van der Waals surface area (Å²) >= 11 is 3.51. The van der Waals surface area contributed by atoms with Crippen molar-refractivity contribution >= 4 is 38.3 Å². The van der Waals surface area contributed by atoms with Crippen molar-refractivity contribution in [3.05, 3.63) is 65.0 Å². The van der Waals surface area contributed by atoms with Crippen molar-refractivity contribution in [3.8, 4) is 0 Å². The lowest BCUT2D eigenvalue weighted by Crippen LogP contribution is -2.11. The smallest absolute Gasteiger partial charge is 0.258 e. The predicted octanol–water partition coefficient (Wildman–Crippen LogP) is 4.45. The lowest BCUT2D eigenvalue weighted by molar-refractivity contribution is 0.102. The van der Waals surface area contributed by atoms with Gasteiger partial charge in [-0.1, -0.05) is 40.2 Å². The molecule has 0 fully saturated rings. The molecule has 0 aliphatic carbocycles. The number of carbonyl (C=O) groups is 1. The number of nitrogens with one attached hydrogen (secondary N) is 1. The number of hydrogen-bond donors (Lipinski definition) is 1. The Balaban J connectivity index is 2.02. The second kappa shape index (κ2) is 4.90. The zero-order valence-electron chi connectivity index (χ0n) is 9.89. The van der Waals surface area contributed by atoms with Gasteiger partial charge in [-0.3, -0.25) is 4.79 Å². The van der Waals surface area contributed by atoms with E-state index in [4.69, 9.17) is 4.42 Å². The fourth-order valence-corrected chi connectivity index (χ4v) is 2.44. The van der Waals surface area contributed by atoms with Crippen LogP contribution < -0.4 is 5.32 Å². The molecule has 3 nitrogen and oxygen atoms in total. The third-order valence-corrected chi connectivity index (χ3v) is 3.59. The maximum Gasteiger partial charge on any atom is 0.258 e. The fraction of sp³-hybridized carbons (Fsp3) is 0. The first-order valence-electron chi connectivity index (χ1n) is 5.76. The van der Waals surface area contributed by atoms with Gasteiger partial charge in [-0.2, -0.15) is 0 Å². The minimum absolute atomic E-state index is 0.179. The van der Waals surface area contributed by atoms with Crippen LogP contribution in [-0.2, 0) is 0 Å². The molecule has 0 aliphatic rings. The number of rotatable bonds is 2. The number of benzene rings is 2. The van der Waals surface area contributed by atoms with Crippen LogP contribution in [0.2, 0.25) is 0 Å². The molecule has 0 aliphatic heterocycles. The summed E-state index contributed by atoms with van der Waals surface area (Å²) in [6, 6.07) is 13.3. The van der Waals surface area contributed by atoms with Gasteiger partial charge < -0.3 is 9.73 Å². The van der Waals surface area contributed by atoms with Crippen LogP contribution in [0.3, 0.4) is 0 Å². The molecule has 0 atom stereocenters. The normalized spacial score (nSPS) is 10.6. The highest BCUT2D eigenvalue weighted by atomic mass is 79.9. The van der Waals surface area contributed by atoms with E-state index in [-0.39, 0.29) is 5.91 Å². The van der Waals surface area contributed by atoms with E-state index in [9.17, 15) is 4.79 Å². The Morgan fingerprint density at radius 3 is 2.58 bits per heavy atom. The molecule has 0 saturated carbocycles. The molecule has 0 saturated heterocycles. The molecular formula is C15H10BrNO2. The first-order chi connectivity index (χ1) is 9.25. The van der Waals surface area contributed by atoms with E-state index < -0.39 is 0 Å². The Morgan fingerprint density at radius 2 is 1.84 bits per heavy atom. The molecule has 0 radical (unpaired) electrons. The minimum Gasteiger partial charge on any atom is -0.472 e. The largest absolute Gasteiger partial charge is 0.472 e. The third kappa shape index (κ3) is 2.27. The second-order valence-electron chi connectivity index (χ2n) is 4.11. The Labute approximate surface area is 118 Å². The van der Waals surface area contributed by atoms with Crippen LogP contribution in [-0.4, -0.2) is 5.91 Å². The Bertz CT molecular complexity index is 735. The third-order valence-electron chi connectivity index (χ3n) is 2.90. The summed E-state index contributed by atoms with van der Waals surface area (Å²) in [5.74, 6) is -0.179. The minimum atomic E-state index is -0.179. The van der Waals surface area contributed by atoms with Crippen molar-refractivity contribution in [2.45, 2.75) is 0 Å². The molecule has 1 N–H and O–H groups in total. The van der Waals surface area contributed by atoms with E-state index in [2.05, 4.69) is 21.2 Å². The van der Waals surface area contributed by atoms with Crippen LogP contribution in [0.1, 0.15) is 10.4 Å². The van der Waals surface area contributed by atoms with Crippen molar-refractivity contribution in [2.24, 2.45) is 0 Å². The Kier molecular flexibility index (Phi) is 3.09. The number of fused-ring (bicyclic) bond motifs is 1. The number of furan rings is 1. The van der Waals surface area contributed by atoms with E-state index in [1.165, 1.54) is 12.5 Å². The molecule has 1 heterocycles. The van der Waals surface area contributed by atoms with Crippen LogP contribution in [0.5, 0.6) is 0 Å². The fourth-order valence-electron chi connectivity index (χ4n) is 1.96. The van der Waals surface area contributed by atoms with Gasteiger partial charge in [0, 0.05) is 15.5 Å².